The van der Waals surface area contributed by atoms with Gasteiger partial charge in [-0.3, -0.25) is 9.59 Å². The number of rotatable bonds is 7. The summed E-state index contributed by atoms with van der Waals surface area (Å²) in [5.74, 6) is -2.91. The van der Waals surface area contributed by atoms with Crippen LogP contribution in [0.4, 0.5) is 0 Å². The van der Waals surface area contributed by atoms with Crippen LogP contribution in [0.5, 0.6) is 34.5 Å². The normalized spacial score (nSPS) is 12.3. The first kappa shape index (κ1) is 32.5. The number of aryl methyl sites for hydroxylation is 2. The molecule has 0 bridgehead atoms. The minimum Gasteiger partial charge on any atom is -0.507 e. The van der Waals surface area contributed by atoms with Gasteiger partial charge in [0.2, 0.25) is 0 Å². The molecule has 0 aromatic heterocycles. The predicted molar refractivity (Wildman–Crippen MR) is 173 cm³/mol. The average molecular weight is 603 g/mol. The minimum atomic E-state index is -0.659. The first-order chi connectivity index (χ1) is 20.5. The van der Waals surface area contributed by atoms with E-state index in [0.29, 0.717) is 71.3 Å². The van der Waals surface area contributed by atoms with Gasteiger partial charge in [-0.1, -0.05) is 68.2 Å². The fourth-order valence-corrected chi connectivity index (χ4v) is 6.32. The summed E-state index contributed by atoms with van der Waals surface area (Å²) in [5.41, 5.74) is 0.373. The molecule has 4 aromatic rings. The Morgan fingerprint density at radius 2 is 0.864 bits per heavy atom. The molecule has 0 unspecified atom stereocenters. The Hall–Kier alpha value is -4.46. The Bertz CT molecular complexity index is 1700. The number of phenolic OH excluding ortho intramolecular Hbond substituents is 6. The Morgan fingerprint density at radius 3 is 1.11 bits per heavy atom. The molecule has 0 aliphatic heterocycles. The van der Waals surface area contributed by atoms with E-state index in [9.17, 15) is 40.2 Å². The molecule has 0 amide bonds. The highest BCUT2D eigenvalue weighted by molar-refractivity contribution is 6.14. The molecule has 0 aliphatic carbocycles. The van der Waals surface area contributed by atoms with Gasteiger partial charge in [0.05, 0.1) is 11.1 Å². The lowest BCUT2D eigenvalue weighted by atomic mass is 9.73. The first-order valence-electron chi connectivity index (χ1n) is 14.9. The minimum absolute atomic E-state index is 0.0249. The number of benzene rings is 4. The van der Waals surface area contributed by atoms with Crippen molar-refractivity contribution in [1.29, 1.82) is 0 Å². The number of aromatic hydroxyl groups is 6. The van der Waals surface area contributed by atoms with E-state index >= 15 is 0 Å². The Morgan fingerprint density at radius 1 is 0.545 bits per heavy atom. The number of phenols is 6. The van der Waals surface area contributed by atoms with Crippen LogP contribution in [0.2, 0.25) is 0 Å². The van der Waals surface area contributed by atoms with E-state index < -0.39 is 33.8 Å². The van der Waals surface area contributed by atoms with Crippen molar-refractivity contribution in [3.05, 3.63) is 45.5 Å². The van der Waals surface area contributed by atoms with Gasteiger partial charge in [-0.25, -0.2) is 0 Å². The van der Waals surface area contributed by atoms with E-state index in [0.717, 1.165) is 0 Å². The van der Waals surface area contributed by atoms with E-state index in [1.807, 2.05) is 55.4 Å². The highest BCUT2D eigenvalue weighted by Crippen LogP contribution is 2.56. The highest BCUT2D eigenvalue weighted by Gasteiger charge is 2.35. The van der Waals surface area contributed by atoms with Crippen molar-refractivity contribution >= 4 is 34.1 Å². The molecule has 8 nitrogen and oxygen atoms in total. The van der Waals surface area contributed by atoms with Gasteiger partial charge in [0.1, 0.15) is 11.5 Å². The summed E-state index contributed by atoms with van der Waals surface area (Å²) in [6.07, 6.45) is 2.69. The lowest BCUT2D eigenvalue weighted by molar-refractivity contribution is 0.111. The molecular weight excluding hydrogens is 560 g/mol. The smallest absolute Gasteiger partial charge is 0.169 e. The molecule has 6 N–H and O–H groups in total. The zero-order valence-corrected chi connectivity index (χ0v) is 26.6. The van der Waals surface area contributed by atoms with Crippen LogP contribution < -0.4 is 0 Å². The molecular formula is C36H42O8. The molecule has 8 heteroatoms. The molecule has 0 heterocycles. The maximum atomic E-state index is 12.3. The molecule has 234 valence electrons. The summed E-state index contributed by atoms with van der Waals surface area (Å²) >= 11 is 0. The quantitative estimate of drug-likeness (QED) is 0.0917. The molecule has 0 saturated heterocycles. The van der Waals surface area contributed by atoms with Crippen molar-refractivity contribution in [2.24, 2.45) is 0 Å². The summed E-state index contributed by atoms with van der Waals surface area (Å²) in [7, 11) is 0. The number of carbonyl (C=O) groups is 2. The fourth-order valence-electron chi connectivity index (χ4n) is 6.32. The third kappa shape index (κ3) is 4.86. The van der Waals surface area contributed by atoms with Crippen LogP contribution in [0, 0.1) is 0 Å². The molecule has 0 radical (unpaired) electrons. The Labute approximate surface area is 257 Å². The monoisotopic (exact) mass is 602 g/mol. The van der Waals surface area contributed by atoms with Crippen LogP contribution in [0.1, 0.15) is 111 Å². The molecule has 0 fully saturated rings. The van der Waals surface area contributed by atoms with Gasteiger partial charge in [-0.05, 0) is 57.7 Å². The second-order valence-corrected chi connectivity index (χ2v) is 13.6. The van der Waals surface area contributed by atoms with Crippen LogP contribution in [0.25, 0.3) is 32.7 Å². The lowest BCUT2D eigenvalue weighted by Gasteiger charge is -2.31. The molecule has 4 rings (SSSR count). The van der Waals surface area contributed by atoms with Crippen molar-refractivity contribution in [3.8, 4) is 45.6 Å². The summed E-state index contributed by atoms with van der Waals surface area (Å²) in [6.45, 7) is 15.3. The summed E-state index contributed by atoms with van der Waals surface area (Å²) in [4.78, 5) is 24.7. The number of hydrogen-bond donors (Lipinski definition) is 6. The number of carbonyl (C=O) groups excluding carboxylic acids is 2. The molecule has 4 aromatic carbocycles. The summed E-state index contributed by atoms with van der Waals surface area (Å²) in [5, 5.41) is 68.8. The average Bonchev–Trinajstić information content (AvgIpc) is 2.94. The van der Waals surface area contributed by atoms with Gasteiger partial charge >= 0.3 is 0 Å². The van der Waals surface area contributed by atoms with Crippen LogP contribution in [0.3, 0.4) is 0 Å². The number of aldehydes is 2. The predicted octanol–water partition coefficient (Wildman–Crippen LogP) is 8.02. The molecule has 0 aliphatic rings. The lowest BCUT2D eigenvalue weighted by Crippen LogP contribution is -2.17. The van der Waals surface area contributed by atoms with Gasteiger partial charge in [0.25, 0.3) is 0 Å². The maximum absolute atomic E-state index is 12.3. The van der Waals surface area contributed by atoms with Crippen molar-refractivity contribution < 1.29 is 40.2 Å². The van der Waals surface area contributed by atoms with E-state index in [4.69, 9.17) is 0 Å². The second kappa shape index (κ2) is 11.2. The number of fused-ring (bicyclic) bond motifs is 2. The first-order valence-corrected chi connectivity index (χ1v) is 14.9. The van der Waals surface area contributed by atoms with Gasteiger partial charge in [-0.2, -0.15) is 0 Å². The maximum Gasteiger partial charge on any atom is 0.169 e. The third-order valence-corrected chi connectivity index (χ3v) is 8.42. The van der Waals surface area contributed by atoms with E-state index in [1.54, 1.807) is 12.1 Å². The van der Waals surface area contributed by atoms with Crippen LogP contribution in [-0.2, 0) is 23.7 Å². The van der Waals surface area contributed by atoms with E-state index in [2.05, 4.69) is 0 Å². The van der Waals surface area contributed by atoms with Crippen molar-refractivity contribution in [2.75, 3.05) is 0 Å². The molecule has 0 saturated carbocycles. The van der Waals surface area contributed by atoms with Crippen molar-refractivity contribution in [2.45, 2.75) is 91.9 Å². The van der Waals surface area contributed by atoms with E-state index in [1.165, 1.54) is 0 Å². The fraction of sp³-hybridized carbons (Fsp3) is 0.389. The SMILES string of the molecule is CCCc1c(O)c(O)c(C=O)c2c(O)c(-c3c(C(C)(C)C)cc4c(CCC)c(O)c(O)c(C=O)c4c3O)c(C(C)(C)C)cc12. The largest absolute Gasteiger partial charge is 0.507 e. The topological polar surface area (TPSA) is 156 Å². The second-order valence-electron chi connectivity index (χ2n) is 13.6. The zero-order valence-electron chi connectivity index (χ0n) is 26.6. The van der Waals surface area contributed by atoms with Crippen molar-refractivity contribution in [3.63, 3.8) is 0 Å². The molecule has 44 heavy (non-hydrogen) atoms. The molecule has 0 spiro atoms. The highest BCUT2D eigenvalue weighted by atomic mass is 16.3. The summed E-state index contributed by atoms with van der Waals surface area (Å²) in [6, 6.07) is 3.55. The Balaban J connectivity index is 2.43. The van der Waals surface area contributed by atoms with Gasteiger partial charge < -0.3 is 30.6 Å². The van der Waals surface area contributed by atoms with E-state index in [-0.39, 0.29) is 44.5 Å². The van der Waals surface area contributed by atoms with Gasteiger partial charge in [0, 0.05) is 33.0 Å². The number of hydrogen-bond acceptors (Lipinski definition) is 8. The van der Waals surface area contributed by atoms with Crippen molar-refractivity contribution in [1.82, 2.24) is 0 Å². The van der Waals surface area contributed by atoms with Crippen LogP contribution in [0.15, 0.2) is 12.1 Å². The Kier molecular flexibility index (Phi) is 8.28. The van der Waals surface area contributed by atoms with Crippen LogP contribution in [-0.4, -0.2) is 43.2 Å². The van der Waals surface area contributed by atoms with Gasteiger partial charge in [0.15, 0.2) is 35.6 Å². The summed E-state index contributed by atoms with van der Waals surface area (Å²) < 4.78 is 0. The van der Waals surface area contributed by atoms with Gasteiger partial charge in [-0.15, -0.1) is 0 Å². The zero-order chi connectivity index (χ0) is 33.0. The van der Waals surface area contributed by atoms with Crippen LogP contribution >= 0.6 is 0 Å². The molecule has 0 atom stereocenters. The third-order valence-electron chi connectivity index (χ3n) is 8.42. The standard InChI is InChI=1S/C36H42O8/c1-9-11-17-19-13-23(35(3,4)5)27(33(43)25(19)21(15-37)31(41)29(17)39)28-24(36(6,7)8)14-20-18(12-10-2)30(40)32(42)22(16-38)26(20)34(28)44/h13-16,39-44H,9-12H2,1-8H3.